The van der Waals surface area contributed by atoms with Crippen LogP contribution in [0.1, 0.15) is 37.7 Å². The van der Waals surface area contributed by atoms with Gasteiger partial charge in [-0.2, -0.15) is 0 Å². The molecule has 0 spiro atoms. The van der Waals surface area contributed by atoms with E-state index in [9.17, 15) is 9.59 Å². The number of hydrogen-bond donors (Lipinski definition) is 1. The van der Waals surface area contributed by atoms with E-state index in [1.165, 1.54) is 0 Å². The number of ether oxygens (including phenoxy) is 1. The molecule has 0 aromatic heterocycles. The molecule has 2 aromatic carbocycles. The first-order valence-corrected chi connectivity index (χ1v) is 11.1. The Morgan fingerprint density at radius 3 is 2.42 bits per heavy atom. The van der Waals surface area contributed by atoms with Gasteiger partial charge in [-0.05, 0) is 30.0 Å². The number of fused-ring (bicyclic) bond motifs is 3. The number of hydrogen-bond acceptors (Lipinski definition) is 5. The fraction of sp³-hybridized carbons (Fsp3) is 0.417. The van der Waals surface area contributed by atoms with E-state index in [4.69, 9.17) is 16.6 Å². The number of amides is 1. The number of carbonyl (C=O) groups is 2. The highest BCUT2D eigenvalue weighted by Gasteiger charge is 2.42. The van der Waals surface area contributed by atoms with Crippen molar-refractivity contribution in [2.24, 2.45) is 0 Å². The lowest BCUT2D eigenvalue weighted by Gasteiger charge is -2.47. The van der Waals surface area contributed by atoms with Gasteiger partial charge in [0.25, 0.3) is 0 Å². The molecule has 0 atom stereocenters. The molecule has 0 aliphatic carbocycles. The molecule has 7 heteroatoms. The summed E-state index contributed by atoms with van der Waals surface area (Å²) in [6.07, 6.45) is 3.79. The summed E-state index contributed by atoms with van der Waals surface area (Å²) in [5.41, 5.74) is 3.32. The molecule has 3 fully saturated rings. The van der Waals surface area contributed by atoms with E-state index < -0.39 is 12.1 Å². The van der Waals surface area contributed by atoms with Crippen LogP contribution in [0.25, 0.3) is 11.1 Å². The van der Waals surface area contributed by atoms with Crippen LogP contribution in [0.5, 0.6) is 0 Å². The van der Waals surface area contributed by atoms with Crippen LogP contribution in [0.15, 0.2) is 48.5 Å². The number of benzene rings is 2. The molecule has 2 bridgehead atoms. The molecule has 3 saturated heterocycles. The summed E-state index contributed by atoms with van der Waals surface area (Å²) in [6.45, 7) is 2.97. The maximum Gasteiger partial charge on any atom is 0.412 e. The Kier molecular flexibility index (Phi) is 6.78. The van der Waals surface area contributed by atoms with Gasteiger partial charge >= 0.3 is 12.1 Å². The summed E-state index contributed by atoms with van der Waals surface area (Å²) in [5.74, 6) is -0.442. The van der Waals surface area contributed by atoms with Gasteiger partial charge in [0.15, 0.2) is 0 Å². The van der Waals surface area contributed by atoms with Crippen LogP contribution in [0, 0.1) is 0 Å². The number of piperidine rings is 3. The smallest absolute Gasteiger partial charge is 0.412 e. The average Bonchev–Trinajstić information content (AvgIpc) is 2.80. The van der Waals surface area contributed by atoms with Gasteiger partial charge in [-0.3, -0.25) is 10.1 Å². The van der Waals surface area contributed by atoms with Crippen LogP contribution < -0.4 is 5.32 Å². The Bertz CT molecular complexity index is 913. The molecule has 3 aliphatic heterocycles. The molecule has 0 saturated carbocycles. The number of aryl methyl sites for hydroxylation is 1. The molecule has 3 aliphatic rings. The molecule has 0 radical (unpaired) electrons. The second-order valence-electron chi connectivity index (χ2n) is 8.34. The Labute approximate surface area is 187 Å². The normalized spacial score (nSPS) is 22.0. The molecule has 1 N–H and O–H groups in total. The number of rotatable bonds is 7. The highest BCUT2D eigenvalue weighted by atomic mass is 35.5. The topological polar surface area (TPSA) is 67.9 Å². The molecular formula is C24H27ClN2O4. The van der Waals surface area contributed by atoms with Crippen molar-refractivity contribution in [2.75, 3.05) is 25.0 Å². The van der Waals surface area contributed by atoms with Crippen molar-refractivity contribution >= 4 is 29.6 Å². The second-order valence-corrected chi connectivity index (χ2v) is 8.49. The molecule has 0 unspecified atom stereocenters. The van der Waals surface area contributed by atoms with Gasteiger partial charge in [0.1, 0.15) is 17.5 Å². The van der Waals surface area contributed by atoms with Crippen molar-refractivity contribution in [3.8, 4) is 11.1 Å². The first kappa shape index (κ1) is 21.7. The van der Waals surface area contributed by atoms with Crippen LogP contribution in [0.2, 0.25) is 0 Å². The largest absolute Gasteiger partial charge is 0.443 e. The minimum absolute atomic E-state index is 0.244. The molecule has 3 heterocycles. The van der Waals surface area contributed by atoms with Crippen molar-refractivity contribution in [2.45, 2.75) is 44.1 Å². The number of nitrogens with zero attached hydrogens (tertiary/aromatic N) is 1. The molecular weight excluding hydrogens is 416 g/mol. The van der Waals surface area contributed by atoms with Crippen LogP contribution >= 0.6 is 11.9 Å². The van der Waals surface area contributed by atoms with Crippen LogP contribution in [-0.4, -0.2) is 42.2 Å². The summed E-state index contributed by atoms with van der Waals surface area (Å²) in [6, 6.07) is 15.9. The van der Waals surface area contributed by atoms with E-state index in [-0.39, 0.29) is 12.0 Å². The summed E-state index contributed by atoms with van der Waals surface area (Å²) < 4.78 is 10.2. The SMILES string of the molecule is O=C(CCCc1ccc(-c2ccccc2)c(NC(=O)OC23CCN(CC2)CC3)c1)OCl. The fourth-order valence-electron chi connectivity index (χ4n) is 4.48. The van der Waals surface area contributed by atoms with Crippen molar-refractivity contribution in [1.29, 1.82) is 0 Å². The third kappa shape index (κ3) is 5.38. The van der Waals surface area contributed by atoms with Crippen molar-refractivity contribution in [3.05, 3.63) is 54.1 Å². The number of nitrogens with one attached hydrogen (secondary N) is 1. The van der Waals surface area contributed by atoms with Crippen molar-refractivity contribution in [1.82, 2.24) is 4.90 Å². The van der Waals surface area contributed by atoms with Crippen molar-refractivity contribution in [3.63, 3.8) is 0 Å². The maximum absolute atomic E-state index is 12.9. The van der Waals surface area contributed by atoms with Gasteiger partial charge in [-0.15, -0.1) is 0 Å². The molecule has 5 rings (SSSR count). The number of halogens is 1. The van der Waals surface area contributed by atoms with E-state index in [0.717, 1.165) is 55.6 Å². The predicted octanol–water partition coefficient (Wildman–Crippen LogP) is 5.16. The summed E-state index contributed by atoms with van der Waals surface area (Å²) >= 11 is 5.10. The fourth-order valence-corrected chi connectivity index (χ4v) is 4.55. The molecule has 1 amide bonds. The van der Waals surface area contributed by atoms with E-state index in [1.807, 2.05) is 48.5 Å². The Hall–Kier alpha value is -2.57. The lowest BCUT2D eigenvalue weighted by molar-refractivity contribution is -0.134. The Balaban J connectivity index is 1.50. The zero-order valence-electron chi connectivity index (χ0n) is 17.4. The van der Waals surface area contributed by atoms with E-state index in [2.05, 4.69) is 14.5 Å². The van der Waals surface area contributed by atoms with Gasteiger partial charge in [-0.1, -0.05) is 42.5 Å². The third-order valence-corrected chi connectivity index (χ3v) is 6.47. The lowest BCUT2D eigenvalue weighted by Crippen LogP contribution is -2.54. The lowest BCUT2D eigenvalue weighted by atomic mass is 9.83. The highest BCUT2D eigenvalue weighted by Crippen LogP contribution is 2.36. The van der Waals surface area contributed by atoms with Crippen LogP contribution in [0.3, 0.4) is 0 Å². The van der Waals surface area contributed by atoms with Gasteiger partial charge in [0, 0.05) is 50.9 Å². The Morgan fingerprint density at radius 2 is 1.74 bits per heavy atom. The van der Waals surface area contributed by atoms with Gasteiger partial charge in [0.2, 0.25) is 0 Å². The average molecular weight is 443 g/mol. The Morgan fingerprint density at radius 1 is 1.03 bits per heavy atom. The van der Waals surface area contributed by atoms with Gasteiger partial charge in [0.05, 0.1) is 5.69 Å². The third-order valence-electron chi connectivity index (χ3n) is 6.30. The minimum atomic E-state index is -0.442. The van der Waals surface area contributed by atoms with E-state index in [1.54, 1.807) is 0 Å². The highest BCUT2D eigenvalue weighted by molar-refractivity contribution is 6.13. The number of anilines is 1. The van der Waals surface area contributed by atoms with Crippen molar-refractivity contribution < 1.29 is 18.6 Å². The zero-order chi connectivity index (χ0) is 21.7. The first-order valence-electron chi connectivity index (χ1n) is 10.8. The van der Waals surface area contributed by atoms with Gasteiger partial charge < -0.3 is 13.9 Å². The monoisotopic (exact) mass is 442 g/mol. The molecule has 31 heavy (non-hydrogen) atoms. The first-order chi connectivity index (χ1) is 15.1. The standard InChI is InChI=1S/C24H27ClN2O4/c25-31-22(28)8-4-5-18-9-10-20(19-6-2-1-3-7-19)21(17-18)26-23(29)30-24-11-14-27(15-12-24)16-13-24/h1-3,6-7,9-10,17H,4-5,8,11-16H2,(H,26,29). The summed E-state index contributed by atoms with van der Waals surface area (Å²) in [5, 5.41) is 3.00. The summed E-state index contributed by atoms with van der Waals surface area (Å²) in [4.78, 5) is 26.6. The number of carbonyl (C=O) groups excluding carboxylic acids is 2. The van der Waals surface area contributed by atoms with Crippen LogP contribution in [-0.2, 0) is 20.2 Å². The zero-order valence-corrected chi connectivity index (χ0v) is 18.2. The maximum atomic E-state index is 12.9. The van der Waals surface area contributed by atoms with Crippen LogP contribution in [0.4, 0.5) is 10.5 Å². The van der Waals surface area contributed by atoms with E-state index >= 15 is 0 Å². The summed E-state index contributed by atoms with van der Waals surface area (Å²) in [7, 11) is 0. The minimum Gasteiger partial charge on any atom is -0.443 e. The molecule has 2 aromatic rings. The predicted molar refractivity (Wildman–Crippen MR) is 120 cm³/mol. The molecule has 164 valence electrons. The molecule has 6 nitrogen and oxygen atoms in total. The second kappa shape index (κ2) is 9.71. The van der Waals surface area contributed by atoms with E-state index in [0.29, 0.717) is 18.5 Å². The van der Waals surface area contributed by atoms with Gasteiger partial charge in [-0.25, -0.2) is 4.79 Å². The quantitative estimate of drug-likeness (QED) is 0.641.